The van der Waals surface area contributed by atoms with Crippen molar-refractivity contribution in [3.8, 4) is 5.75 Å². The molecule has 5 rings (SSSR count). The first-order chi connectivity index (χ1) is 16.0. The van der Waals surface area contributed by atoms with Crippen LogP contribution >= 0.6 is 0 Å². The molecule has 3 aromatic rings. The van der Waals surface area contributed by atoms with Crippen molar-refractivity contribution in [2.75, 3.05) is 31.0 Å². The van der Waals surface area contributed by atoms with Crippen LogP contribution in [0.5, 0.6) is 5.75 Å². The highest BCUT2D eigenvalue weighted by atomic mass is 32.2. The molecule has 0 unspecified atom stereocenters. The number of methoxy groups -OCH3 is 1. The number of amides is 1. The number of carbonyl (C=O) groups excluding carboxylic acids is 1. The van der Waals surface area contributed by atoms with E-state index in [-0.39, 0.29) is 16.4 Å². The zero-order chi connectivity index (χ0) is 23.0. The standard InChI is InChI=1S/C25H27N3O4S/c1-32-24-9-8-21(33(30,31)28-17-10-19-6-2-3-7-23(19)28)18-22(24)25(29)27-15-11-20(12-16-27)26-13-4-5-14-26/h2-9,13-14,18,20H,10-12,15-17H2,1H3. The van der Waals surface area contributed by atoms with E-state index >= 15 is 0 Å². The van der Waals surface area contributed by atoms with E-state index in [1.165, 1.54) is 23.5 Å². The van der Waals surface area contributed by atoms with E-state index in [2.05, 4.69) is 17.0 Å². The number of para-hydroxylation sites is 1. The third kappa shape index (κ3) is 3.88. The van der Waals surface area contributed by atoms with Crippen LogP contribution in [0.25, 0.3) is 0 Å². The van der Waals surface area contributed by atoms with E-state index in [1.807, 2.05) is 36.4 Å². The summed E-state index contributed by atoms with van der Waals surface area (Å²) in [4.78, 5) is 15.3. The monoisotopic (exact) mass is 465 g/mol. The number of rotatable bonds is 5. The van der Waals surface area contributed by atoms with Gasteiger partial charge < -0.3 is 14.2 Å². The Morgan fingerprint density at radius 3 is 2.42 bits per heavy atom. The Kier molecular flexibility index (Phi) is 5.62. The predicted molar refractivity (Wildman–Crippen MR) is 126 cm³/mol. The third-order valence-electron chi connectivity index (χ3n) is 6.63. The molecule has 8 heteroatoms. The van der Waals surface area contributed by atoms with E-state index in [1.54, 1.807) is 11.0 Å². The number of ether oxygens (including phenoxy) is 1. The van der Waals surface area contributed by atoms with Gasteiger partial charge in [-0.1, -0.05) is 18.2 Å². The molecule has 1 aromatic heterocycles. The summed E-state index contributed by atoms with van der Waals surface area (Å²) in [6, 6.07) is 16.5. The van der Waals surface area contributed by atoms with Crippen LogP contribution in [0.3, 0.4) is 0 Å². The molecule has 1 fully saturated rings. The number of sulfonamides is 1. The molecule has 0 spiro atoms. The summed E-state index contributed by atoms with van der Waals surface area (Å²) < 4.78 is 36.0. The average Bonchev–Trinajstić information content (AvgIpc) is 3.54. The van der Waals surface area contributed by atoms with Gasteiger partial charge in [0.1, 0.15) is 5.75 Å². The van der Waals surface area contributed by atoms with Gasteiger partial charge in [0.2, 0.25) is 0 Å². The van der Waals surface area contributed by atoms with Gasteiger partial charge in [0, 0.05) is 38.1 Å². The van der Waals surface area contributed by atoms with Crippen LogP contribution in [-0.4, -0.2) is 50.5 Å². The second-order valence-electron chi connectivity index (χ2n) is 8.47. The minimum Gasteiger partial charge on any atom is -0.496 e. The molecule has 3 heterocycles. The molecule has 7 nitrogen and oxygen atoms in total. The first-order valence-corrected chi connectivity index (χ1v) is 12.6. The Morgan fingerprint density at radius 2 is 1.70 bits per heavy atom. The van der Waals surface area contributed by atoms with Crippen LogP contribution in [0.15, 0.2) is 71.9 Å². The summed E-state index contributed by atoms with van der Waals surface area (Å²) in [6.45, 7) is 1.62. The second kappa shape index (κ2) is 8.59. The van der Waals surface area contributed by atoms with Crippen molar-refractivity contribution in [3.63, 3.8) is 0 Å². The summed E-state index contributed by atoms with van der Waals surface area (Å²) >= 11 is 0. The maximum atomic E-state index is 13.5. The Balaban J connectivity index is 1.40. The fourth-order valence-electron chi connectivity index (χ4n) is 4.83. The van der Waals surface area contributed by atoms with Gasteiger partial charge in [-0.15, -0.1) is 0 Å². The first-order valence-electron chi connectivity index (χ1n) is 11.2. The lowest BCUT2D eigenvalue weighted by atomic mass is 10.0. The second-order valence-corrected chi connectivity index (χ2v) is 10.3. The van der Waals surface area contributed by atoms with Gasteiger partial charge in [-0.05, 0) is 61.2 Å². The largest absolute Gasteiger partial charge is 0.496 e. The van der Waals surface area contributed by atoms with Gasteiger partial charge in [0.15, 0.2) is 0 Å². The van der Waals surface area contributed by atoms with E-state index in [0.717, 1.165) is 18.4 Å². The lowest BCUT2D eigenvalue weighted by Gasteiger charge is -2.33. The molecule has 2 aromatic carbocycles. The zero-order valence-corrected chi connectivity index (χ0v) is 19.4. The molecule has 1 saturated heterocycles. The van der Waals surface area contributed by atoms with Crippen molar-refractivity contribution in [2.45, 2.75) is 30.2 Å². The molecule has 33 heavy (non-hydrogen) atoms. The van der Waals surface area contributed by atoms with Crippen molar-refractivity contribution in [1.29, 1.82) is 0 Å². The molecular weight excluding hydrogens is 438 g/mol. The normalized spacial score (nSPS) is 16.6. The van der Waals surface area contributed by atoms with Gasteiger partial charge in [-0.2, -0.15) is 0 Å². The number of anilines is 1. The van der Waals surface area contributed by atoms with Crippen LogP contribution < -0.4 is 9.04 Å². The van der Waals surface area contributed by atoms with Crippen molar-refractivity contribution in [1.82, 2.24) is 9.47 Å². The van der Waals surface area contributed by atoms with Crippen LogP contribution in [0.1, 0.15) is 34.8 Å². The molecule has 0 atom stereocenters. The third-order valence-corrected chi connectivity index (χ3v) is 8.44. The van der Waals surface area contributed by atoms with Crippen molar-refractivity contribution in [2.24, 2.45) is 0 Å². The number of piperidine rings is 1. The molecule has 0 saturated carbocycles. The van der Waals surface area contributed by atoms with Crippen LogP contribution in [0, 0.1) is 0 Å². The van der Waals surface area contributed by atoms with E-state index in [4.69, 9.17) is 4.74 Å². The number of hydrogen-bond acceptors (Lipinski definition) is 4. The molecule has 0 N–H and O–H groups in total. The number of benzene rings is 2. The molecule has 1 amide bonds. The minimum absolute atomic E-state index is 0.102. The topological polar surface area (TPSA) is 71.8 Å². The number of hydrogen-bond donors (Lipinski definition) is 0. The lowest BCUT2D eigenvalue weighted by Crippen LogP contribution is -2.39. The van der Waals surface area contributed by atoms with Crippen molar-refractivity contribution < 1.29 is 17.9 Å². The summed E-state index contributed by atoms with van der Waals surface area (Å²) in [5, 5.41) is 0. The van der Waals surface area contributed by atoms with Crippen LogP contribution in [0.2, 0.25) is 0 Å². The average molecular weight is 466 g/mol. The van der Waals surface area contributed by atoms with Gasteiger partial charge >= 0.3 is 0 Å². The summed E-state index contributed by atoms with van der Waals surface area (Å²) in [6.07, 6.45) is 6.48. The fourth-order valence-corrected chi connectivity index (χ4v) is 6.36. The SMILES string of the molecule is COc1ccc(S(=O)(=O)N2CCc3ccccc32)cc1C(=O)N1CCC(n2cccc2)CC1. The summed E-state index contributed by atoms with van der Waals surface area (Å²) in [7, 11) is -2.30. The molecule has 0 radical (unpaired) electrons. The molecule has 0 bridgehead atoms. The Hall–Kier alpha value is -3.26. The van der Waals surface area contributed by atoms with Crippen LogP contribution in [-0.2, 0) is 16.4 Å². The van der Waals surface area contributed by atoms with Gasteiger partial charge in [0.25, 0.3) is 15.9 Å². The Morgan fingerprint density at radius 1 is 0.970 bits per heavy atom. The predicted octanol–water partition coefficient (Wildman–Crippen LogP) is 3.73. The maximum Gasteiger partial charge on any atom is 0.264 e. The number of carbonyl (C=O) groups is 1. The molecule has 2 aliphatic heterocycles. The highest BCUT2D eigenvalue weighted by molar-refractivity contribution is 7.92. The number of likely N-dealkylation sites (tertiary alicyclic amines) is 1. The van der Waals surface area contributed by atoms with Crippen molar-refractivity contribution >= 4 is 21.6 Å². The van der Waals surface area contributed by atoms with Crippen LogP contribution in [0.4, 0.5) is 5.69 Å². The Labute approximate surface area is 194 Å². The minimum atomic E-state index is -3.80. The lowest BCUT2D eigenvalue weighted by molar-refractivity contribution is 0.0691. The maximum absolute atomic E-state index is 13.5. The molecular formula is C25H27N3O4S. The Bertz CT molecular complexity index is 1260. The quantitative estimate of drug-likeness (QED) is 0.576. The summed E-state index contributed by atoms with van der Waals surface area (Å²) in [5.74, 6) is 0.185. The van der Waals surface area contributed by atoms with Gasteiger partial charge in [-0.3, -0.25) is 9.10 Å². The zero-order valence-electron chi connectivity index (χ0n) is 18.6. The highest BCUT2D eigenvalue weighted by Crippen LogP contribution is 2.34. The van der Waals surface area contributed by atoms with E-state index in [0.29, 0.717) is 43.5 Å². The van der Waals surface area contributed by atoms with E-state index in [9.17, 15) is 13.2 Å². The smallest absolute Gasteiger partial charge is 0.264 e. The van der Waals surface area contributed by atoms with Gasteiger partial charge in [-0.25, -0.2) is 8.42 Å². The molecule has 0 aliphatic carbocycles. The number of nitrogens with zero attached hydrogens (tertiary/aromatic N) is 3. The van der Waals surface area contributed by atoms with E-state index < -0.39 is 10.0 Å². The first kappa shape index (κ1) is 21.6. The molecule has 172 valence electrons. The summed E-state index contributed by atoms with van der Waals surface area (Å²) in [5.41, 5.74) is 2.00. The molecule has 2 aliphatic rings. The fraction of sp³-hybridized carbons (Fsp3) is 0.320. The van der Waals surface area contributed by atoms with Crippen molar-refractivity contribution in [3.05, 3.63) is 78.1 Å². The van der Waals surface area contributed by atoms with Gasteiger partial charge in [0.05, 0.1) is 23.3 Å². The number of fused-ring (bicyclic) bond motifs is 1. The number of aromatic nitrogens is 1. The highest BCUT2D eigenvalue weighted by Gasteiger charge is 2.32.